The second-order valence-electron chi connectivity index (χ2n) is 3.50. The Kier molecular flexibility index (Phi) is 2.97. The zero-order chi connectivity index (χ0) is 11.4. The summed E-state index contributed by atoms with van der Waals surface area (Å²) in [6.45, 7) is 0.565. The number of nitrogens with zero attached hydrogens (tertiary/aromatic N) is 3. The molecule has 80 valence electrons. The molecule has 1 heterocycles. The smallest absolute Gasteiger partial charge is 0.269 e. The van der Waals surface area contributed by atoms with Gasteiger partial charge in [-0.3, -0.25) is 4.79 Å². The largest absolute Gasteiger partial charge is 0.305 e. The minimum absolute atomic E-state index is 0.114. The second kappa shape index (κ2) is 4.58. The predicted molar refractivity (Wildman–Crippen MR) is 60.9 cm³/mol. The molecule has 1 aromatic carbocycles. The lowest BCUT2D eigenvalue weighted by atomic mass is 10.2. The van der Waals surface area contributed by atoms with Gasteiger partial charge in [-0.2, -0.15) is 5.26 Å². The molecule has 0 saturated carbocycles. The first-order chi connectivity index (χ1) is 7.83. The molecule has 2 aromatic rings. The summed E-state index contributed by atoms with van der Waals surface area (Å²) in [6, 6.07) is 9.58. The Morgan fingerprint density at radius 3 is 3.00 bits per heavy atom. The third-order valence-electron chi connectivity index (χ3n) is 2.42. The molecule has 0 aliphatic heterocycles. The van der Waals surface area contributed by atoms with Crippen LogP contribution >= 0.6 is 0 Å². The number of hydrogen-bond donors (Lipinski definition) is 0. The van der Waals surface area contributed by atoms with Gasteiger partial charge in [-0.25, -0.2) is 4.98 Å². The van der Waals surface area contributed by atoms with E-state index in [0.717, 1.165) is 11.0 Å². The first kappa shape index (κ1) is 10.4. The average molecular weight is 213 g/mol. The number of benzene rings is 1. The van der Waals surface area contributed by atoms with Crippen LogP contribution in [0.3, 0.4) is 0 Å². The van der Waals surface area contributed by atoms with Crippen molar-refractivity contribution in [2.45, 2.75) is 19.4 Å². The van der Waals surface area contributed by atoms with Gasteiger partial charge in [0.15, 0.2) is 0 Å². The van der Waals surface area contributed by atoms with Crippen molar-refractivity contribution in [1.29, 1.82) is 5.26 Å². The van der Waals surface area contributed by atoms with E-state index in [1.165, 1.54) is 6.20 Å². The Morgan fingerprint density at radius 2 is 2.19 bits per heavy atom. The van der Waals surface area contributed by atoms with Gasteiger partial charge < -0.3 is 4.57 Å². The van der Waals surface area contributed by atoms with Gasteiger partial charge in [0.25, 0.3) is 5.56 Å². The first-order valence-corrected chi connectivity index (χ1v) is 5.14. The molecule has 0 fully saturated rings. The third-order valence-corrected chi connectivity index (χ3v) is 2.42. The highest BCUT2D eigenvalue weighted by Crippen LogP contribution is 2.08. The fourth-order valence-corrected chi connectivity index (χ4v) is 1.66. The van der Waals surface area contributed by atoms with Crippen molar-refractivity contribution < 1.29 is 0 Å². The molecule has 0 bridgehead atoms. The van der Waals surface area contributed by atoms with Gasteiger partial charge in [0.1, 0.15) is 0 Å². The maximum Gasteiger partial charge on any atom is 0.269 e. The number of aromatic nitrogens is 2. The molecule has 0 saturated heterocycles. The van der Waals surface area contributed by atoms with E-state index in [0.29, 0.717) is 19.4 Å². The molecule has 0 amide bonds. The van der Waals surface area contributed by atoms with E-state index in [4.69, 9.17) is 5.26 Å². The minimum Gasteiger partial charge on any atom is -0.305 e. The lowest BCUT2D eigenvalue weighted by molar-refractivity contribution is 0.650. The quantitative estimate of drug-likeness (QED) is 0.729. The van der Waals surface area contributed by atoms with E-state index in [2.05, 4.69) is 11.1 Å². The summed E-state index contributed by atoms with van der Waals surface area (Å²) >= 11 is 0. The summed E-state index contributed by atoms with van der Waals surface area (Å²) in [5.74, 6) is 0. The summed E-state index contributed by atoms with van der Waals surface area (Å²) in [7, 11) is 0. The van der Waals surface area contributed by atoms with E-state index in [9.17, 15) is 4.79 Å². The molecule has 0 radical (unpaired) electrons. The van der Waals surface area contributed by atoms with Crippen molar-refractivity contribution in [3.8, 4) is 6.07 Å². The highest BCUT2D eigenvalue weighted by Gasteiger charge is 2.02. The number of para-hydroxylation sites is 2. The van der Waals surface area contributed by atoms with Gasteiger partial charge in [0, 0.05) is 13.0 Å². The van der Waals surface area contributed by atoms with Crippen LogP contribution in [0.4, 0.5) is 0 Å². The minimum atomic E-state index is -0.114. The highest BCUT2D eigenvalue weighted by molar-refractivity contribution is 5.74. The monoisotopic (exact) mass is 213 g/mol. The number of aryl methyl sites for hydroxylation is 1. The molecule has 0 spiro atoms. The van der Waals surface area contributed by atoms with E-state index >= 15 is 0 Å². The summed E-state index contributed by atoms with van der Waals surface area (Å²) in [4.78, 5) is 15.7. The molecule has 0 N–H and O–H groups in total. The van der Waals surface area contributed by atoms with Gasteiger partial charge in [-0.1, -0.05) is 12.1 Å². The van der Waals surface area contributed by atoms with Crippen LogP contribution in [-0.2, 0) is 6.54 Å². The van der Waals surface area contributed by atoms with Crippen molar-refractivity contribution in [1.82, 2.24) is 9.55 Å². The lowest BCUT2D eigenvalue weighted by Gasteiger charge is -2.07. The van der Waals surface area contributed by atoms with Crippen LogP contribution in [0.2, 0.25) is 0 Å². The first-order valence-electron chi connectivity index (χ1n) is 5.14. The van der Waals surface area contributed by atoms with Crippen LogP contribution in [0.15, 0.2) is 35.3 Å². The molecular weight excluding hydrogens is 202 g/mol. The molecule has 0 aliphatic carbocycles. The topological polar surface area (TPSA) is 58.7 Å². The maximum absolute atomic E-state index is 11.6. The lowest BCUT2D eigenvalue weighted by Crippen LogP contribution is -2.20. The van der Waals surface area contributed by atoms with Crippen LogP contribution in [0.1, 0.15) is 12.8 Å². The summed E-state index contributed by atoms with van der Waals surface area (Å²) < 4.78 is 1.67. The van der Waals surface area contributed by atoms with E-state index in [-0.39, 0.29) is 5.56 Å². The van der Waals surface area contributed by atoms with Gasteiger partial charge in [-0.15, -0.1) is 0 Å². The fraction of sp³-hybridized carbons (Fsp3) is 0.250. The number of rotatable bonds is 3. The van der Waals surface area contributed by atoms with Crippen LogP contribution < -0.4 is 5.56 Å². The van der Waals surface area contributed by atoms with Gasteiger partial charge >= 0.3 is 0 Å². The Bertz CT molecular complexity index is 595. The summed E-state index contributed by atoms with van der Waals surface area (Å²) in [5.41, 5.74) is 1.52. The number of unbranched alkanes of at least 4 members (excludes halogenated alkanes) is 1. The van der Waals surface area contributed by atoms with Gasteiger partial charge in [0.05, 0.1) is 23.3 Å². The van der Waals surface area contributed by atoms with E-state index in [1.807, 2.05) is 24.3 Å². The molecular formula is C12H11N3O. The molecule has 1 aromatic heterocycles. The number of fused-ring (bicyclic) bond motifs is 1. The van der Waals surface area contributed by atoms with Crippen molar-refractivity contribution >= 4 is 11.0 Å². The molecule has 4 heteroatoms. The summed E-state index contributed by atoms with van der Waals surface area (Å²) in [5, 5.41) is 8.48. The Morgan fingerprint density at radius 1 is 1.38 bits per heavy atom. The molecule has 0 unspecified atom stereocenters. The average Bonchev–Trinajstić information content (AvgIpc) is 2.32. The Labute approximate surface area is 92.8 Å². The Hall–Kier alpha value is -2.15. The molecule has 16 heavy (non-hydrogen) atoms. The van der Waals surface area contributed by atoms with Crippen molar-refractivity contribution in [3.63, 3.8) is 0 Å². The summed E-state index contributed by atoms with van der Waals surface area (Å²) in [6.07, 6.45) is 2.47. The molecule has 0 aliphatic rings. The zero-order valence-electron chi connectivity index (χ0n) is 8.76. The Balaban J connectivity index is 2.46. The van der Waals surface area contributed by atoms with Crippen LogP contribution in [0.5, 0.6) is 0 Å². The number of hydrogen-bond acceptors (Lipinski definition) is 3. The predicted octanol–water partition coefficient (Wildman–Crippen LogP) is 1.70. The van der Waals surface area contributed by atoms with Crippen molar-refractivity contribution in [2.75, 3.05) is 0 Å². The normalized spacial score (nSPS) is 10.2. The van der Waals surface area contributed by atoms with Crippen LogP contribution in [-0.4, -0.2) is 9.55 Å². The van der Waals surface area contributed by atoms with Crippen LogP contribution in [0, 0.1) is 11.3 Å². The molecule has 0 atom stereocenters. The highest BCUT2D eigenvalue weighted by atomic mass is 16.1. The SMILES string of the molecule is N#CCCCn1c(=O)cnc2ccccc21. The fourth-order valence-electron chi connectivity index (χ4n) is 1.66. The second-order valence-corrected chi connectivity index (χ2v) is 3.50. The molecule has 2 rings (SSSR count). The van der Waals surface area contributed by atoms with Crippen molar-refractivity contribution in [2.24, 2.45) is 0 Å². The standard InChI is InChI=1S/C12H11N3O/c13-7-3-4-8-15-11-6-2-1-5-10(11)14-9-12(15)16/h1-2,5-6,9H,3-4,8H2. The van der Waals surface area contributed by atoms with Crippen molar-refractivity contribution in [3.05, 3.63) is 40.8 Å². The van der Waals surface area contributed by atoms with Crippen LogP contribution in [0.25, 0.3) is 11.0 Å². The zero-order valence-corrected chi connectivity index (χ0v) is 8.76. The van der Waals surface area contributed by atoms with Gasteiger partial charge in [-0.05, 0) is 18.6 Å². The third kappa shape index (κ3) is 1.94. The van der Waals surface area contributed by atoms with Gasteiger partial charge in [0.2, 0.25) is 0 Å². The maximum atomic E-state index is 11.6. The van der Waals surface area contributed by atoms with E-state index < -0.39 is 0 Å². The molecule has 4 nitrogen and oxygen atoms in total. The van der Waals surface area contributed by atoms with E-state index in [1.54, 1.807) is 4.57 Å². The number of nitriles is 1.